The summed E-state index contributed by atoms with van der Waals surface area (Å²) in [5, 5.41) is 12.1. The lowest BCUT2D eigenvalue weighted by Gasteiger charge is -2.12. The second-order valence-electron chi connectivity index (χ2n) is 12.0. The predicted octanol–water partition coefficient (Wildman–Crippen LogP) is 11.4. The van der Waals surface area contributed by atoms with Gasteiger partial charge in [0, 0.05) is 27.5 Å². The Hall–Kier alpha value is -6.39. The van der Waals surface area contributed by atoms with Gasteiger partial charge in [-0.1, -0.05) is 127 Å². The summed E-state index contributed by atoms with van der Waals surface area (Å²) in [6, 6.07) is 52.9. The molecule has 47 heavy (non-hydrogen) atoms. The minimum atomic E-state index is 0.605. The van der Waals surface area contributed by atoms with Crippen LogP contribution in [0.2, 0.25) is 0 Å². The molecule has 4 heteroatoms. The van der Waals surface area contributed by atoms with Gasteiger partial charge in [-0.15, -0.1) is 0 Å². The average Bonchev–Trinajstić information content (AvgIpc) is 3.52. The third-order valence-corrected chi connectivity index (χ3v) is 9.30. The lowest BCUT2D eigenvalue weighted by atomic mass is 9.94. The molecule has 0 aliphatic rings. The fourth-order valence-electron chi connectivity index (χ4n) is 7.00. The van der Waals surface area contributed by atoms with Crippen molar-refractivity contribution in [1.82, 2.24) is 15.0 Å². The molecule has 0 atom stereocenters. The van der Waals surface area contributed by atoms with Crippen molar-refractivity contribution < 1.29 is 4.42 Å². The molecule has 10 rings (SSSR count). The summed E-state index contributed by atoms with van der Waals surface area (Å²) < 4.78 is 6.20. The van der Waals surface area contributed by atoms with Gasteiger partial charge < -0.3 is 4.42 Å². The summed E-state index contributed by atoms with van der Waals surface area (Å²) in [6.07, 6.45) is 0. The van der Waals surface area contributed by atoms with Gasteiger partial charge in [0.05, 0.1) is 0 Å². The monoisotopic (exact) mass is 599 g/mol. The van der Waals surface area contributed by atoms with Crippen LogP contribution >= 0.6 is 0 Å². The first-order valence-electron chi connectivity index (χ1n) is 15.8. The van der Waals surface area contributed by atoms with E-state index in [4.69, 9.17) is 19.4 Å². The summed E-state index contributed by atoms with van der Waals surface area (Å²) >= 11 is 0. The molecule has 4 nitrogen and oxygen atoms in total. The molecular formula is C43H25N3O. The molecule has 0 N–H and O–H groups in total. The van der Waals surface area contributed by atoms with Crippen molar-refractivity contribution in [2.24, 2.45) is 0 Å². The minimum Gasteiger partial charge on any atom is -0.456 e. The highest BCUT2D eigenvalue weighted by Gasteiger charge is 2.15. The van der Waals surface area contributed by atoms with Crippen LogP contribution in [0, 0.1) is 0 Å². The lowest BCUT2D eigenvalue weighted by molar-refractivity contribution is 0.669. The number of hydrogen-bond acceptors (Lipinski definition) is 4. The van der Waals surface area contributed by atoms with Gasteiger partial charge in [0.2, 0.25) is 0 Å². The number of para-hydroxylation sites is 1. The Morgan fingerprint density at radius 1 is 0.298 bits per heavy atom. The zero-order valence-corrected chi connectivity index (χ0v) is 25.2. The van der Waals surface area contributed by atoms with E-state index in [2.05, 4.69) is 97.1 Å². The molecule has 0 fully saturated rings. The smallest absolute Gasteiger partial charge is 0.164 e. The first kappa shape index (κ1) is 25.9. The number of benzene rings is 8. The van der Waals surface area contributed by atoms with Gasteiger partial charge in [-0.3, -0.25) is 0 Å². The Kier molecular flexibility index (Phi) is 5.54. The molecule has 2 aromatic heterocycles. The zero-order valence-electron chi connectivity index (χ0n) is 25.2. The molecule has 0 bridgehead atoms. The number of fused-ring (bicyclic) bond motifs is 10. The summed E-state index contributed by atoms with van der Waals surface area (Å²) in [6.45, 7) is 0. The van der Waals surface area contributed by atoms with Gasteiger partial charge in [0.15, 0.2) is 17.5 Å². The topological polar surface area (TPSA) is 51.8 Å². The van der Waals surface area contributed by atoms with Gasteiger partial charge in [0.25, 0.3) is 0 Å². The average molecular weight is 600 g/mol. The van der Waals surface area contributed by atoms with E-state index in [9.17, 15) is 0 Å². The third-order valence-electron chi connectivity index (χ3n) is 9.30. The zero-order chi connectivity index (χ0) is 30.9. The quantitative estimate of drug-likeness (QED) is 0.190. The normalized spacial score (nSPS) is 11.8. The number of nitrogens with zero attached hydrogens (tertiary/aromatic N) is 3. The van der Waals surface area contributed by atoms with E-state index in [1.54, 1.807) is 0 Å². The number of furan rings is 1. The molecule has 10 aromatic rings. The Bertz CT molecular complexity index is 2850. The highest BCUT2D eigenvalue weighted by atomic mass is 16.3. The van der Waals surface area contributed by atoms with Crippen molar-refractivity contribution in [1.29, 1.82) is 0 Å². The van der Waals surface area contributed by atoms with Crippen LogP contribution in [-0.4, -0.2) is 15.0 Å². The SMILES string of the molecule is c1ccc(-c2nc(-c3ccc4c(ccc5c4ccc4c6ccccc6ccc45)c3)nc(-c3ccc4c(c3)oc3ccccc34)n2)cc1. The van der Waals surface area contributed by atoms with Crippen LogP contribution in [0.15, 0.2) is 156 Å². The molecule has 2 heterocycles. The molecule has 0 aliphatic heterocycles. The molecule has 0 radical (unpaired) electrons. The number of aromatic nitrogens is 3. The van der Waals surface area contributed by atoms with E-state index in [1.165, 1.54) is 37.7 Å². The lowest BCUT2D eigenvalue weighted by Crippen LogP contribution is -2.00. The van der Waals surface area contributed by atoms with Crippen molar-refractivity contribution in [3.63, 3.8) is 0 Å². The van der Waals surface area contributed by atoms with Crippen molar-refractivity contribution >= 4 is 65.0 Å². The maximum atomic E-state index is 6.20. The summed E-state index contributed by atoms with van der Waals surface area (Å²) in [5.74, 6) is 1.87. The van der Waals surface area contributed by atoms with Gasteiger partial charge in [-0.25, -0.2) is 15.0 Å². The minimum absolute atomic E-state index is 0.605. The summed E-state index contributed by atoms with van der Waals surface area (Å²) in [5.41, 5.74) is 4.43. The second-order valence-corrected chi connectivity index (χ2v) is 12.0. The highest BCUT2D eigenvalue weighted by Crippen LogP contribution is 2.37. The van der Waals surface area contributed by atoms with Gasteiger partial charge >= 0.3 is 0 Å². The van der Waals surface area contributed by atoms with Crippen LogP contribution < -0.4 is 0 Å². The van der Waals surface area contributed by atoms with Crippen LogP contribution in [0.1, 0.15) is 0 Å². The Morgan fingerprint density at radius 2 is 0.787 bits per heavy atom. The van der Waals surface area contributed by atoms with Crippen molar-refractivity contribution in [3.05, 3.63) is 152 Å². The highest BCUT2D eigenvalue weighted by molar-refractivity contribution is 6.22. The Morgan fingerprint density at radius 3 is 1.55 bits per heavy atom. The largest absolute Gasteiger partial charge is 0.456 e. The molecule has 0 saturated carbocycles. The Labute approximate surface area is 269 Å². The van der Waals surface area contributed by atoms with Crippen LogP contribution in [0.25, 0.3) is 99.2 Å². The van der Waals surface area contributed by atoms with E-state index in [0.717, 1.165) is 44.0 Å². The van der Waals surface area contributed by atoms with Crippen LogP contribution in [0.4, 0.5) is 0 Å². The molecule has 0 saturated heterocycles. The van der Waals surface area contributed by atoms with Crippen molar-refractivity contribution in [3.8, 4) is 34.2 Å². The molecule has 0 aliphatic carbocycles. The molecule has 218 valence electrons. The van der Waals surface area contributed by atoms with Crippen LogP contribution in [0.3, 0.4) is 0 Å². The molecule has 8 aromatic carbocycles. The van der Waals surface area contributed by atoms with Gasteiger partial charge in [0.1, 0.15) is 11.2 Å². The van der Waals surface area contributed by atoms with Crippen molar-refractivity contribution in [2.75, 3.05) is 0 Å². The summed E-state index contributed by atoms with van der Waals surface area (Å²) in [7, 11) is 0. The maximum Gasteiger partial charge on any atom is 0.164 e. The van der Waals surface area contributed by atoms with Gasteiger partial charge in [-0.2, -0.15) is 0 Å². The first-order valence-corrected chi connectivity index (χ1v) is 15.8. The Balaban J connectivity index is 1.14. The van der Waals surface area contributed by atoms with Crippen molar-refractivity contribution in [2.45, 2.75) is 0 Å². The van der Waals surface area contributed by atoms with E-state index in [1.807, 2.05) is 54.6 Å². The summed E-state index contributed by atoms with van der Waals surface area (Å²) in [4.78, 5) is 15.0. The third kappa shape index (κ3) is 4.12. The second kappa shape index (κ2) is 10.1. The molecule has 0 unspecified atom stereocenters. The number of hydrogen-bond donors (Lipinski definition) is 0. The van der Waals surface area contributed by atoms with Gasteiger partial charge in [-0.05, 0) is 67.4 Å². The fourth-order valence-corrected chi connectivity index (χ4v) is 7.00. The standard InChI is InChI=1S/C43H25N3O/c1-2-9-27(10-3-1)41-44-42(46-43(45-41)30-17-21-38-37-12-6-7-13-39(37)47-40(38)25-30)29-16-18-32-28(24-29)15-20-36-34(32)23-22-33-31-11-5-4-8-26(31)14-19-35(33)36/h1-25H. The fraction of sp³-hybridized carbons (Fsp3) is 0. The van der Waals surface area contributed by atoms with Crippen LogP contribution in [-0.2, 0) is 0 Å². The molecule has 0 amide bonds. The molecule has 0 spiro atoms. The molecular weight excluding hydrogens is 574 g/mol. The van der Waals surface area contributed by atoms with E-state index in [0.29, 0.717) is 17.5 Å². The van der Waals surface area contributed by atoms with E-state index >= 15 is 0 Å². The van der Waals surface area contributed by atoms with E-state index in [-0.39, 0.29) is 0 Å². The van der Waals surface area contributed by atoms with Crippen LogP contribution in [0.5, 0.6) is 0 Å². The van der Waals surface area contributed by atoms with E-state index < -0.39 is 0 Å². The predicted molar refractivity (Wildman–Crippen MR) is 193 cm³/mol. The first-order chi connectivity index (χ1) is 23.3. The maximum absolute atomic E-state index is 6.20. The number of rotatable bonds is 3.